The van der Waals surface area contributed by atoms with Crippen LogP contribution in [0.3, 0.4) is 0 Å². The van der Waals surface area contributed by atoms with Gasteiger partial charge in [0, 0.05) is 49.7 Å². The van der Waals surface area contributed by atoms with E-state index in [0.717, 1.165) is 0 Å². The second-order valence-corrected chi connectivity index (χ2v) is 5.44. The van der Waals surface area contributed by atoms with Crippen LogP contribution in [0.4, 0.5) is 4.39 Å². The Hall–Kier alpha value is -0.680. The van der Waals surface area contributed by atoms with Crippen molar-refractivity contribution in [1.82, 2.24) is 0 Å². The van der Waals surface area contributed by atoms with E-state index in [4.69, 9.17) is 21.1 Å². The van der Waals surface area contributed by atoms with Gasteiger partial charge in [-0.05, 0) is 19.1 Å². The highest BCUT2D eigenvalue weighted by Gasteiger charge is 2.40. The molecule has 20 heavy (non-hydrogen) atoms. The monoisotopic (exact) mass is 302 g/mol. The lowest BCUT2D eigenvalue weighted by molar-refractivity contribution is -0.165. The molecule has 0 saturated carbocycles. The fraction of sp³-hybridized carbons (Fsp3) is 0.600. The van der Waals surface area contributed by atoms with Gasteiger partial charge in [-0.2, -0.15) is 0 Å². The summed E-state index contributed by atoms with van der Waals surface area (Å²) in [5.74, 6) is -0.393. The summed E-state index contributed by atoms with van der Waals surface area (Å²) in [5.41, 5.74) is -0.328. The predicted octanol–water partition coefficient (Wildman–Crippen LogP) is 2.97. The van der Waals surface area contributed by atoms with Crippen LogP contribution in [0.5, 0.6) is 0 Å². The third kappa shape index (κ3) is 3.31. The second-order valence-electron chi connectivity index (χ2n) is 5.03. The van der Waals surface area contributed by atoms with Crippen molar-refractivity contribution in [2.45, 2.75) is 37.9 Å². The molecule has 1 aliphatic rings. The van der Waals surface area contributed by atoms with E-state index in [9.17, 15) is 9.50 Å². The maximum Gasteiger partial charge on any atom is 0.127 e. The van der Waals surface area contributed by atoms with Crippen LogP contribution in [-0.4, -0.2) is 36.6 Å². The first kappa shape index (κ1) is 15.7. The maximum atomic E-state index is 13.8. The third-order valence-corrected chi connectivity index (χ3v) is 4.19. The molecule has 0 aliphatic carbocycles. The van der Waals surface area contributed by atoms with Gasteiger partial charge in [0.15, 0.2) is 0 Å². The van der Waals surface area contributed by atoms with Crippen molar-refractivity contribution in [1.29, 1.82) is 0 Å². The minimum atomic E-state index is -0.805. The zero-order chi connectivity index (χ0) is 14.6. The van der Waals surface area contributed by atoms with Crippen molar-refractivity contribution < 1.29 is 19.0 Å². The van der Waals surface area contributed by atoms with Gasteiger partial charge in [0.25, 0.3) is 0 Å². The van der Waals surface area contributed by atoms with Crippen LogP contribution in [0.15, 0.2) is 18.2 Å². The summed E-state index contributed by atoms with van der Waals surface area (Å²) in [6.45, 7) is 3.48. The molecule has 5 heteroatoms. The fourth-order valence-electron chi connectivity index (χ4n) is 2.68. The molecule has 112 valence electrons. The lowest BCUT2D eigenvalue weighted by Crippen LogP contribution is -2.50. The number of aliphatic hydroxyl groups excluding tert-OH is 1. The zero-order valence-corrected chi connectivity index (χ0v) is 12.3. The molecular weight excluding hydrogens is 283 g/mol. The van der Waals surface area contributed by atoms with Crippen molar-refractivity contribution >= 4 is 11.6 Å². The number of hydrogen-bond acceptors (Lipinski definition) is 3. The lowest BCUT2D eigenvalue weighted by Gasteiger charge is -2.40. The number of hydrogen-bond donors (Lipinski definition) is 1. The molecule has 1 heterocycles. The van der Waals surface area contributed by atoms with E-state index in [2.05, 4.69) is 0 Å². The molecular formula is C15H20ClFO3. The molecule has 0 amide bonds. The van der Waals surface area contributed by atoms with Crippen LogP contribution in [0, 0.1) is 5.82 Å². The summed E-state index contributed by atoms with van der Waals surface area (Å²) in [7, 11) is 0. The molecule has 1 saturated heterocycles. The van der Waals surface area contributed by atoms with Gasteiger partial charge in [-0.3, -0.25) is 0 Å². The molecule has 2 rings (SSSR count). The Morgan fingerprint density at radius 3 is 2.75 bits per heavy atom. The molecule has 0 bridgehead atoms. The fourth-order valence-corrected chi connectivity index (χ4v) is 2.92. The van der Waals surface area contributed by atoms with Gasteiger partial charge >= 0.3 is 0 Å². The number of benzene rings is 1. The SMILES string of the molecule is CCOC1(C(O)Cc2c(F)cccc2Cl)CCOCC1. The maximum absolute atomic E-state index is 13.8. The highest BCUT2D eigenvalue weighted by Crippen LogP contribution is 2.32. The summed E-state index contributed by atoms with van der Waals surface area (Å²) < 4.78 is 24.9. The quantitative estimate of drug-likeness (QED) is 0.909. The van der Waals surface area contributed by atoms with Crippen LogP contribution < -0.4 is 0 Å². The van der Waals surface area contributed by atoms with Crippen molar-refractivity contribution in [3.05, 3.63) is 34.6 Å². The van der Waals surface area contributed by atoms with E-state index in [-0.39, 0.29) is 6.42 Å². The van der Waals surface area contributed by atoms with E-state index < -0.39 is 17.5 Å². The lowest BCUT2D eigenvalue weighted by atomic mass is 9.84. The average Bonchev–Trinajstić information content (AvgIpc) is 2.44. The van der Waals surface area contributed by atoms with Crippen LogP contribution in [-0.2, 0) is 15.9 Å². The highest BCUT2D eigenvalue weighted by molar-refractivity contribution is 6.31. The molecule has 1 atom stereocenters. The smallest absolute Gasteiger partial charge is 0.127 e. The van der Waals surface area contributed by atoms with E-state index in [1.165, 1.54) is 6.07 Å². The Balaban J connectivity index is 2.18. The Morgan fingerprint density at radius 2 is 2.15 bits per heavy atom. The summed E-state index contributed by atoms with van der Waals surface area (Å²) in [6.07, 6.45) is 0.550. The van der Waals surface area contributed by atoms with Gasteiger partial charge in [0.05, 0.1) is 11.7 Å². The molecule has 0 aromatic heterocycles. The molecule has 0 spiro atoms. The minimum absolute atomic E-state index is 0.144. The van der Waals surface area contributed by atoms with Crippen LogP contribution in [0.25, 0.3) is 0 Å². The first-order valence-electron chi connectivity index (χ1n) is 6.92. The van der Waals surface area contributed by atoms with Crippen LogP contribution in [0.1, 0.15) is 25.3 Å². The first-order chi connectivity index (χ1) is 9.59. The molecule has 1 aromatic carbocycles. The van der Waals surface area contributed by atoms with Crippen molar-refractivity contribution in [3.8, 4) is 0 Å². The number of halogens is 2. The Kier molecular flexibility index (Phi) is 5.38. The van der Waals surface area contributed by atoms with Crippen molar-refractivity contribution in [2.24, 2.45) is 0 Å². The Bertz CT molecular complexity index is 421. The molecule has 0 radical (unpaired) electrons. The highest BCUT2D eigenvalue weighted by atomic mass is 35.5. The number of aliphatic hydroxyl groups is 1. The molecule has 1 fully saturated rings. The number of rotatable bonds is 5. The van der Waals surface area contributed by atoms with Gasteiger partial charge in [0.2, 0.25) is 0 Å². The standard InChI is InChI=1S/C15H20ClFO3/c1-2-20-15(6-8-19-9-7-15)14(18)10-11-12(16)4-3-5-13(11)17/h3-5,14,18H,2,6-10H2,1H3. The summed E-state index contributed by atoms with van der Waals surface area (Å²) in [4.78, 5) is 0. The Labute approximate surface area is 123 Å². The molecule has 1 N–H and O–H groups in total. The largest absolute Gasteiger partial charge is 0.390 e. The molecule has 1 unspecified atom stereocenters. The molecule has 1 aliphatic heterocycles. The normalized spacial score (nSPS) is 19.8. The van der Waals surface area contributed by atoms with Gasteiger partial charge in [-0.25, -0.2) is 4.39 Å². The second kappa shape index (κ2) is 6.85. The van der Waals surface area contributed by atoms with Gasteiger partial charge in [-0.15, -0.1) is 0 Å². The number of ether oxygens (including phenoxy) is 2. The first-order valence-corrected chi connectivity index (χ1v) is 7.29. The van der Waals surface area contributed by atoms with E-state index >= 15 is 0 Å². The van der Waals surface area contributed by atoms with Crippen LogP contribution in [0.2, 0.25) is 5.02 Å². The predicted molar refractivity (Wildman–Crippen MR) is 75.5 cm³/mol. The third-order valence-electron chi connectivity index (χ3n) is 3.84. The summed E-state index contributed by atoms with van der Waals surface area (Å²) in [6, 6.07) is 4.54. The van der Waals surface area contributed by atoms with E-state index in [0.29, 0.717) is 43.2 Å². The van der Waals surface area contributed by atoms with Crippen molar-refractivity contribution in [2.75, 3.05) is 19.8 Å². The van der Waals surface area contributed by atoms with Gasteiger partial charge < -0.3 is 14.6 Å². The van der Waals surface area contributed by atoms with Crippen LogP contribution >= 0.6 is 11.6 Å². The van der Waals surface area contributed by atoms with Crippen molar-refractivity contribution in [3.63, 3.8) is 0 Å². The van der Waals surface area contributed by atoms with Gasteiger partial charge in [-0.1, -0.05) is 17.7 Å². The minimum Gasteiger partial charge on any atom is -0.390 e. The zero-order valence-electron chi connectivity index (χ0n) is 11.6. The Morgan fingerprint density at radius 1 is 1.45 bits per heavy atom. The summed E-state index contributed by atoms with van der Waals surface area (Å²) in [5, 5.41) is 10.9. The van der Waals surface area contributed by atoms with E-state index in [1.54, 1.807) is 12.1 Å². The molecule has 1 aromatic rings. The summed E-state index contributed by atoms with van der Waals surface area (Å²) >= 11 is 6.02. The molecule has 3 nitrogen and oxygen atoms in total. The van der Waals surface area contributed by atoms with E-state index in [1.807, 2.05) is 6.92 Å². The van der Waals surface area contributed by atoms with Gasteiger partial charge in [0.1, 0.15) is 5.82 Å². The topological polar surface area (TPSA) is 38.7 Å². The average molecular weight is 303 g/mol.